The predicted molar refractivity (Wildman–Crippen MR) is 132 cm³/mol. The standard InChI is InChI=1S/2C12H15NO8/c2*14-6-8-9(15)10(16)11(17)12(20-8,21-13(18)19)7-4-2-1-3-5-7/h2*1-5,8-11,14-17H,6H2/t2*8-,9+,10+,11-,12+/m11/s1. The number of benzene rings is 2. The molecule has 2 aliphatic rings. The van der Waals surface area contributed by atoms with Gasteiger partial charge in [0.2, 0.25) is 0 Å². The SMILES string of the molecule is O=[N+]([O-])O[C@]1(c2ccccc2)O[C@H](CO)[C@H](O)[C@H](O)[C@H]1O.O=[N+]([O-])O[C@]1(c2ccccc2)O[C@H](CO)[C@H](O)[C@H](O)[C@H]1O. The fraction of sp³-hybridized carbons (Fsp3) is 0.500. The van der Waals surface area contributed by atoms with Gasteiger partial charge in [-0.1, -0.05) is 60.7 Å². The van der Waals surface area contributed by atoms with Gasteiger partial charge in [0.05, 0.1) is 13.2 Å². The summed E-state index contributed by atoms with van der Waals surface area (Å²) in [6, 6.07) is 15.0. The quantitative estimate of drug-likeness (QED) is 0.111. The van der Waals surface area contributed by atoms with E-state index in [9.17, 15) is 61.1 Å². The summed E-state index contributed by atoms with van der Waals surface area (Å²) < 4.78 is 10.5. The smallest absolute Gasteiger partial charge is 0.297 e. The van der Waals surface area contributed by atoms with Gasteiger partial charge in [-0.05, 0) is 0 Å². The largest absolute Gasteiger partial charge is 0.394 e. The Bertz CT molecular complexity index is 1080. The Morgan fingerprint density at radius 2 is 0.929 bits per heavy atom. The van der Waals surface area contributed by atoms with Gasteiger partial charge in [-0.3, -0.25) is 9.68 Å². The number of hydrogen-bond donors (Lipinski definition) is 8. The van der Waals surface area contributed by atoms with Crippen molar-refractivity contribution in [2.24, 2.45) is 0 Å². The molecule has 232 valence electrons. The first kappa shape index (κ1) is 32.9. The van der Waals surface area contributed by atoms with Gasteiger partial charge >= 0.3 is 0 Å². The predicted octanol–water partition coefficient (Wildman–Crippen LogP) is -2.96. The van der Waals surface area contributed by atoms with Crippen LogP contribution in [0.4, 0.5) is 0 Å². The summed E-state index contributed by atoms with van der Waals surface area (Å²) in [4.78, 5) is 30.5. The van der Waals surface area contributed by atoms with Crippen LogP contribution in [0.25, 0.3) is 0 Å². The zero-order chi connectivity index (χ0) is 31.2. The molecule has 0 unspecified atom stereocenters. The van der Waals surface area contributed by atoms with E-state index in [1.54, 1.807) is 12.1 Å². The third kappa shape index (κ3) is 6.42. The van der Waals surface area contributed by atoms with Gasteiger partial charge in [0, 0.05) is 11.1 Å². The van der Waals surface area contributed by atoms with Crippen LogP contribution < -0.4 is 0 Å². The van der Waals surface area contributed by atoms with Crippen molar-refractivity contribution in [2.45, 2.75) is 60.4 Å². The molecule has 0 aliphatic carbocycles. The van der Waals surface area contributed by atoms with Gasteiger partial charge in [-0.15, -0.1) is 20.2 Å². The van der Waals surface area contributed by atoms with Gasteiger partial charge in [0.25, 0.3) is 21.7 Å². The normalized spacial score (nSPS) is 36.2. The Hall–Kier alpha value is -3.56. The topological polar surface area (TPSA) is 285 Å². The molecule has 0 spiro atoms. The van der Waals surface area contributed by atoms with Crippen LogP contribution in [0.1, 0.15) is 11.1 Å². The van der Waals surface area contributed by atoms with E-state index in [0.717, 1.165) is 0 Å². The Labute approximate surface area is 236 Å². The Morgan fingerprint density at radius 1 is 0.619 bits per heavy atom. The van der Waals surface area contributed by atoms with E-state index in [1.807, 2.05) is 0 Å². The van der Waals surface area contributed by atoms with Crippen LogP contribution in [0.3, 0.4) is 0 Å². The van der Waals surface area contributed by atoms with Crippen LogP contribution in [0.2, 0.25) is 0 Å². The molecule has 2 fully saturated rings. The summed E-state index contributed by atoms with van der Waals surface area (Å²) in [5.41, 5.74) is 0.136. The van der Waals surface area contributed by atoms with Crippen molar-refractivity contribution < 1.29 is 70.2 Å². The molecule has 2 saturated heterocycles. The monoisotopic (exact) mass is 602 g/mol. The first-order valence-electron chi connectivity index (χ1n) is 12.3. The molecule has 8 N–H and O–H groups in total. The molecule has 18 heteroatoms. The minimum atomic E-state index is -2.34. The van der Waals surface area contributed by atoms with E-state index < -0.39 is 83.8 Å². The summed E-state index contributed by atoms with van der Waals surface area (Å²) in [5.74, 6) is -4.67. The highest BCUT2D eigenvalue weighted by molar-refractivity contribution is 5.24. The molecule has 2 heterocycles. The first-order valence-corrected chi connectivity index (χ1v) is 12.3. The second-order valence-corrected chi connectivity index (χ2v) is 9.23. The maximum absolute atomic E-state index is 10.8. The van der Waals surface area contributed by atoms with Gasteiger partial charge in [0.15, 0.2) is 0 Å². The lowest BCUT2D eigenvalue weighted by Crippen LogP contribution is -2.64. The summed E-state index contributed by atoms with van der Waals surface area (Å²) in [5, 5.41) is 96.9. The number of nitrogens with zero attached hydrogens (tertiary/aromatic N) is 2. The van der Waals surface area contributed by atoms with E-state index in [-0.39, 0.29) is 11.1 Å². The van der Waals surface area contributed by atoms with Gasteiger partial charge in [0.1, 0.15) is 48.8 Å². The van der Waals surface area contributed by atoms with E-state index in [4.69, 9.17) is 9.47 Å². The highest BCUT2D eigenvalue weighted by Crippen LogP contribution is 2.40. The van der Waals surface area contributed by atoms with Crippen molar-refractivity contribution in [3.05, 3.63) is 92.0 Å². The molecule has 10 atom stereocenters. The number of ether oxygens (including phenoxy) is 2. The summed E-state index contributed by atoms with van der Waals surface area (Å²) in [6.45, 7) is -1.44. The molecule has 2 aliphatic heterocycles. The minimum Gasteiger partial charge on any atom is -0.394 e. The molecule has 2 aromatic carbocycles. The zero-order valence-electron chi connectivity index (χ0n) is 21.5. The molecule has 2 aromatic rings. The summed E-state index contributed by atoms with van der Waals surface area (Å²) >= 11 is 0. The summed E-state index contributed by atoms with van der Waals surface area (Å²) in [6.07, 6.45) is -13.4. The molecule has 18 nitrogen and oxygen atoms in total. The number of rotatable bonds is 8. The maximum Gasteiger partial charge on any atom is 0.297 e. The van der Waals surface area contributed by atoms with E-state index in [0.29, 0.717) is 0 Å². The van der Waals surface area contributed by atoms with Gasteiger partial charge in [-0.25, -0.2) is 0 Å². The van der Waals surface area contributed by atoms with Gasteiger partial charge in [-0.2, -0.15) is 0 Å². The van der Waals surface area contributed by atoms with Crippen LogP contribution in [0.5, 0.6) is 0 Å². The Morgan fingerprint density at radius 3 is 1.19 bits per heavy atom. The fourth-order valence-electron chi connectivity index (χ4n) is 4.58. The van der Waals surface area contributed by atoms with Gasteiger partial charge < -0.3 is 50.3 Å². The van der Waals surface area contributed by atoms with Crippen molar-refractivity contribution in [3.8, 4) is 0 Å². The molecule has 0 saturated carbocycles. The second-order valence-electron chi connectivity index (χ2n) is 9.23. The van der Waals surface area contributed by atoms with Crippen molar-refractivity contribution in [1.82, 2.24) is 0 Å². The number of aliphatic hydroxyl groups excluding tert-OH is 8. The third-order valence-corrected chi connectivity index (χ3v) is 6.67. The molecule has 0 aromatic heterocycles. The molecule has 0 amide bonds. The molecular weight excluding hydrogens is 572 g/mol. The summed E-state index contributed by atoms with van der Waals surface area (Å²) in [7, 11) is 0. The van der Waals surface area contributed by atoms with Crippen LogP contribution >= 0.6 is 0 Å². The van der Waals surface area contributed by atoms with Crippen LogP contribution in [-0.2, 0) is 30.7 Å². The molecule has 4 rings (SSSR count). The van der Waals surface area contributed by atoms with Crippen molar-refractivity contribution >= 4 is 0 Å². The van der Waals surface area contributed by atoms with Crippen LogP contribution in [-0.4, -0.2) is 113 Å². The number of hydrogen-bond acceptors (Lipinski definition) is 16. The van der Waals surface area contributed by atoms with Crippen molar-refractivity contribution in [2.75, 3.05) is 13.2 Å². The van der Waals surface area contributed by atoms with Crippen molar-refractivity contribution in [3.63, 3.8) is 0 Å². The zero-order valence-corrected chi connectivity index (χ0v) is 21.5. The average Bonchev–Trinajstić information content (AvgIpc) is 2.98. The molecule has 42 heavy (non-hydrogen) atoms. The lowest BCUT2D eigenvalue weighted by molar-refractivity contribution is -0.808. The van der Waals surface area contributed by atoms with Crippen LogP contribution in [0.15, 0.2) is 60.7 Å². The third-order valence-electron chi connectivity index (χ3n) is 6.67. The first-order chi connectivity index (χ1) is 19.8. The van der Waals surface area contributed by atoms with E-state index in [1.165, 1.54) is 48.5 Å². The van der Waals surface area contributed by atoms with E-state index in [2.05, 4.69) is 9.68 Å². The lowest BCUT2D eigenvalue weighted by Gasteiger charge is -2.46. The fourth-order valence-corrected chi connectivity index (χ4v) is 4.58. The highest BCUT2D eigenvalue weighted by atomic mass is 17.0. The van der Waals surface area contributed by atoms with E-state index >= 15 is 0 Å². The number of aliphatic hydroxyl groups is 8. The second kappa shape index (κ2) is 13.6. The maximum atomic E-state index is 10.8. The average molecular weight is 603 g/mol. The molecular formula is C24H30N2O16. The molecule has 0 bridgehead atoms. The minimum absolute atomic E-state index is 0.0681. The molecule has 0 radical (unpaired) electrons. The highest BCUT2D eigenvalue weighted by Gasteiger charge is 2.58. The van der Waals surface area contributed by atoms with Crippen molar-refractivity contribution in [1.29, 1.82) is 0 Å². The Kier molecular flexibility index (Phi) is 10.7. The lowest BCUT2D eigenvalue weighted by atomic mass is 9.88. The Balaban J connectivity index is 0.000000230. The van der Waals surface area contributed by atoms with Crippen LogP contribution in [0, 0.1) is 20.2 Å².